The number of rotatable bonds is 11. The van der Waals surface area contributed by atoms with E-state index >= 15 is 0 Å². The molecule has 180 valence electrons. The molecule has 0 atom stereocenters. The lowest BCUT2D eigenvalue weighted by Crippen LogP contribution is -2.32. The highest BCUT2D eigenvalue weighted by molar-refractivity contribution is 7.07. The Morgan fingerprint density at radius 3 is 2.71 bits per heavy atom. The minimum Gasteiger partial charge on any atom is -0.457 e. The lowest BCUT2D eigenvalue weighted by molar-refractivity contribution is -0.135. The van der Waals surface area contributed by atoms with Crippen LogP contribution in [0.25, 0.3) is 11.8 Å². The van der Waals surface area contributed by atoms with Crippen LogP contribution in [-0.4, -0.2) is 48.1 Å². The van der Waals surface area contributed by atoms with Gasteiger partial charge in [-0.05, 0) is 45.1 Å². The minimum absolute atomic E-state index is 0.0337. The molecule has 2 aromatic rings. The first kappa shape index (κ1) is 26.6. The van der Waals surface area contributed by atoms with Gasteiger partial charge in [0.2, 0.25) is 5.91 Å². The number of aromatic nitrogens is 1. The van der Waals surface area contributed by atoms with Gasteiger partial charge in [-0.1, -0.05) is 25.6 Å². The molecule has 0 saturated heterocycles. The maximum atomic E-state index is 12.8. The van der Waals surface area contributed by atoms with E-state index in [1.165, 1.54) is 16.8 Å². The molecule has 0 aliphatic heterocycles. The van der Waals surface area contributed by atoms with Crippen LogP contribution in [0.1, 0.15) is 20.3 Å². The van der Waals surface area contributed by atoms with Gasteiger partial charge >= 0.3 is 5.97 Å². The topological polar surface area (TPSA) is 116 Å². The molecular weight excluding hydrogens is 454 g/mol. The molecule has 0 bridgehead atoms. The van der Waals surface area contributed by atoms with Gasteiger partial charge in [-0.15, -0.1) is 11.3 Å². The van der Waals surface area contributed by atoms with Crippen molar-refractivity contribution in [2.45, 2.75) is 26.8 Å². The number of ether oxygens (including phenoxy) is 1. The Bertz CT molecular complexity index is 1260. The second-order valence-corrected chi connectivity index (χ2v) is 8.38. The largest absolute Gasteiger partial charge is 0.457 e. The first-order chi connectivity index (χ1) is 16.3. The summed E-state index contributed by atoms with van der Waals surface area (Å²) in [6, 6.07) is 8.95. The van der Waals surface area contributed by atoms with Crippen molar-refractivity contribution in [3.8, 4) is 6.07 Å². The molecule has 34 heavy (non-hydrogen) atoms. The fraction of sp³-hybridized carbons (Fsp3) is 0.333. The van der Waals surface area contributed by atoms with Crippen LogP contribution < -0.4 is 25.4 Å². The number of nitriles is 1. The summed E-state index contributed by atoms with van der Waals surface area (Å²) in [5.41, 5.74) is 0.717. The molecule has 2 N–H and O–H groups in total. The number of hydrogen-bond donors (Lipinski definition) is 2. The van der Waals surface area contributed by atoms with Crippen LogP contribution in [0.5, 0.6) is 0 Å². The number of benzene rings is 1. The van der Waals surface area contributed by atoms with E-state index in [-0.39, 0.29) is 34.9 Å². The molecular formula is C24H29N5O4S. The van der Waals surface area contributed by atoms with E-state index in [1.807, 2.05) is 18.0 Å². The summed E-state index contributed by atoms with van der Waals surface area (Å²) in [6.07, 6.45) is 3.88. The van der Waals surface area contributed by atoms with E-state index in [0.717, 1.165) is 24.3 Å². The molecule has 0 aliphatic carbocycles. The normalized spacial score (nSPS) is 12.1. The smallest absolute Gasteiger partial charge is 0.352 e. The first-order valence-electron chi connectivity index (χ1n) is 10.8. The number of nitrogens with zero attached hydrogens (tertiary/aromatic N) is 3. The molecule has 0 aliphatic rings. The number of likely N-dealkylation sites (N-methyl/N-ethyl adjacent to an activating group) is 1. The lowest BCUT2D eigenvalue weighted by Gasteiger charge is -2.15. The quantitative estimate of drug-likeness (QED) is 0.367. The van der Waals surface area contributed by atoms with E-state index in [2.05, 4.69) is 24.1 Å². The fourth-order valence-electron chi connectivity index (χ4n) is 3.12. The maximum Gasteiger partial charge on any atom is 0.352 e. The number of carbonyl (C=O) groups is 2. The zero-order valence-corrected chi connectivity index (χ0v) is 20.4. The van der Waals surface area contributed by atoms with Crippen molar-refractivity contribution in [3.63, 3.8) is 0 Å². The molecule has 0 radical (unpaired) electrons. The summed E-state index contributed by atoms with van der Waals surface area (Å²) in [4.78, 5) is 39.2. The molecule has 0 spiro atoms. The number of nitrogens with one attached hydrogen (secondary N) is 2. The van der Waals surface area contributed by atoms with Gasteiger partial charge in [0.25, 0.3) is 5.56 Å². The Balaban J connectivity index is 2.30. The van der Waals surface area contributed by atoms with Crippen molar-refractivity contribution in [2.24, 2.45) is 0 Å². The van der Waals surface area contributed by atoms with Crippen LogP contribution in [0.2, 0.25) is 0 Å². The minimum atomic E-state index is -0.807. The third kappa shape index (κ3) is 7.16. The Hall–Kier alpha value is -3.68. The van der Waals surface area contributed by atoms with Crippen LogP contribution in [0.15, 0.2) is 41.7 Å². The maximum absolute atomic E-state index is 12.8. The second-order valence-electron chi connectivity index (χ2n) is 7.35. The molecule has 1 aromatic carbocycles. The van der Waals surface area contributed by atoms with Gasteiger partial charge in [0.15, 0.2) is 5.57 Å². The molecule has 2 rings (SSSR count). The fourth-order valence-corrected chi connectivity index (χ4v) is 4.20. The SMILES string of the molecule is C=CCOC(=O)C(C#N)=c1sc(=CNc2cccc(NC(=O)CN(C)CCC)c2)c(=O)n1CC. The number of thiazole rings is 1. The van der Waals surface area contributed by atoms with E-state index in [9.17, 15) is 19.6 Å². The molecule has 1 aromatic heterocycles. The van der Waals surface area contributed by atoms with Gasteiger partial charge < -0.3 is 15.4 Å². The predicted octanol–water partition coefficient (Wildman–Crippen LogP) is 1.46. The number of esters is 1. The van der Waals surface area contributed by atoms with E-state index in [1.54, 1.807) is 31.2 Å². The van der Waals surface area contributed by atoms with Crippen molar-refractivity contribution < 1.29 is 14.3 Å². The molecule has 0 saturated carbocycles. The van der Waals surface area contributed by atoms with Crippen molar-refractivity contribution in [3.05, 3.63) is 56.5 Å². The van der Waals surface area contributed by atoms with Crippen molar-refractivity contribution >= 4 is 46.4 Å². The Kier molecular flexibility index (Phi) is 10.3. The number of carbonyl (C=O) groups excluding carboxylic acids is 2. The summed E-state index contributed by atoms with van der Waals surface area (Å²) in [6.45, 7) is 8.66. The highest BCUT2D eigenvalue weighted by Gasteiger charge is 2.16. The molecule has 9 nitrogen and oxygen atoms in total. The van der Waals surface area contributed by atoms with Crippen molar-refractivity contribution in [2.75, 3.05) is 37.4 Å². The van der Waals surface area contributed by atoms with E-state index < -0.39 is 5.97 Å². The zero-order chi connectivity index (χ0) is 25.1. The van der Waals surface area contributed by atoms with Crippen LogP contribution in [0.4, 0.5) is 11.4 Å². The van der Waals surface area contributed by atoms with E-state index in [0.29, 0.717) is 22.5 Å². The highest BCUT2D eigenvalue weighted by atomic mass is 32.1. The summed E-state index contributed by atoms with van der Waals surface area (Å²) >= 11 is 1.02. The first-order valence-corrected chi connectivity index (χ1v) is 11.6. The third-order valence-electron chi connectivity index (χ3n) is 4.62. The number of anilines is 2. The summed E-state index contributed by atoms with van der Waals surface area (Å²) < 4.78 is 6.87. The van der Waals surface area contributed by atoms with Crippen LogP contribution in [0, 0.1) is 11.3 Å². The zero-order valence-electron chi connectivity index (χ0n) is 19.6. The van der Waals surface area contributed by atoms with Gasteiger partial charge in [0.05, 0.1) is 6.54 Å². The molecule has 1 amide bonds. The van der Waals surface area contributed by atoms with Gasteiger partial charge in [0, 0.05) is 24.1 Å². The van der Waals surface area contributed by atoms with Gasteiger partial charge in [-0.3, -0.25) is 19.1 Å². The standard InChI is InChI=1S/C24H29N5O4S/c1-5-11-28(4)16-21(30)27-18-10-8-9-17(13-18)26-15-20-22(31)29(7-3)23(34-20)19(14-25)24(32)33-12-6-2/h6,8-10,13,15,26H,2,5,7,11-12,16H2,1,3-4H3,(H,27,30). The Morgan fingerprint density at radius 2 is 2.06 bits per heavy atom. The Morgan fingerprint density at radius 1 is 1.32 bits per heavy atom. The van der Waals surface area contributed by atoms with Gasteiger partial charge in [-0.25, -0.2) is 4.79 Å². The average molecular weight is 484 g/mol. The summed E-state index contributed by atoms with van der Waals surface area (Å²) in [7, 11) is 1.89. The van der Waals surface area contributed by atoms with Gasteiger partial charge in [-0.2, -0.15) is 5.26 Å². The van der Waals surface area contributed by atoms with E-state index in [4.69, 9.17) is 4.74 Å². The van der Waals surface area contributed by atoms with Crippen molar-refractivity contribution in [1.29, 1.82) is 5.26 Å². The van der Waals surface area contributed by atoms with Crippen LogP contribution >= 0.6 is 11.3 Å². The van der Waals surface area contributed by atoms with Crippen LogP contribution in [-0.2, 0) is 20.9 Å². The monoisotopic (exact) mass is 483 g/mol. The summed E-state index contributed by atoms with van der Waals surface area (Å²) in [5.74, 6) is -0.924. The highest BCUT2D eigenvalue weighted by Crippen LogP contribution is 2.15. The third-order valence-corrected chi connectivity index (χ3v) is 5.75. The predicted molar refractivity (Wildman–Crippen MR) is 135 cm³/mol. The lowest BCUT2D eigenvalue weighted by atomic mass is 10.2. The number of hydrogen-bond acceptors (Lipinski definition) is 8. The average Bonchev–Trinajstić information content (AvgIpc) is 3.11. The molecule has 0 fully saturated rings. The van der Waals surface area contributed by atoms with Gasteiger partial charge in [0.1, 0.15) is 21.9 Å². The Labute approximate surface area is 202 Å². The number of amides is 1. The molecule has 1 heterocycles. The van der Waals surface area contributed by atoms with Crippen molar-refractivity contribution in [1.82, 2.24) is 9.47 Å². The summed E-state index contributed by atoms with van der Waals surface area (Å²) in [5, 5.41) is 15.4. The molecule has 0 unspecified atom stereocenters. The molecule has 10 heteroatoms. The van der Waals surface area contributed by atoms with Crippen LogP contribution in [0.3, 0.4) is 0 Å². The second kappa shape index (κ2) is 13.1.